The molecular weight excluding hydrogens is 352 g/mol. The number of benzene rings is 2. The predicted molar refractivity (Wildman–Crippen MR) is 110 cm³/mol. The van der Waals surface area contributed by atoms with Gasteiger partial charge in [0.05, 0.1) is 20.3 Å². The lowest BCUT2D eigenvalue weighted by molar-refractivity contribution is 0.0984. The van der Waals surface area contributed by atoms with Crippen LogP contribution in [0.1, 0.15) is 29.3 Å². The molecule has 0 saturated carbocycles. The lowest BCUT2D eigenvalue weighted by atomic mass is 10.1. The number of methoxy groups -OCH3 is 1. The van der Waals surface area contributed by atoms with Crippen LogP contribution in [0.25, 0.3) is 0 Å². The number of hydrogen-bond donors (Lipinski definition) is 0. The number of rotatable bonds is 8. The van der Waals surface area contributed by atoms with Crippen LogP contribution >= 0.6 is 0 Å². The Hall–Kier alpha value is -3.34. The van der Waals surface area contributed by atoms with Gasteiger partial charge in [0.2, 0.25) is 0 Å². The molecule has 1 aromatic heterocycles. The first-order valence-electron chi connectivity index (χ1n) is 9.30. The second-order valence-corrected chi connectivity index (χ2v) is 6.30. The van der Waals surface area contributed by atoms with Crippen LogP contribution < -0.4 is 14.4 Å². The molecule has 0 aliphatic carbocycles. The number of aromatic nitrogens is 1. The van der Waals surface area contributed by atoms with Crippen molar-refractivity contribution in [3.63, 3.8) is 0 Å². The highest BCUT2D eigenvalue weighted by molar-refractivity contribution is 6.05. The summed E-state index contributed by atoms with van der Waals surface area (Å²) in [5, 5.41) is 0. The molecular formula is C23H24N2O3. The van der Waals surface area contributed by atoms with Crippen LogP contribution in [0.15, 0.2) is 72.9 Å². The van der Waals surface area contributed by atoms with E-state index >= 15 is 0 Å². The maximum absolute atomic E-state index is 13.3. The van der Waals surface area contributed by atoms with Crippen molar-refractivity contribution in [3.8, 4) is 11.5 Å². The SMILES string of the molecule is CCCOc1cccc(C(=O)N(Cc2ccc(OC)cc2)c2ccccn2)c1. The third kappa shape index (κ3) is 4.88. The van der Waals surface area contributed by atoms with Crippen LogP contribution in [0.4, 0.5) is 5.82 Å². The minimum Gasteiger partial charge on any atom is -0.497 e. The third-order valence-corrected chi connectivity index (χ3v) is 4.22. The molecule has 3 aromatic rings. The number of ether oxygens (including phenoxy) is 2. The Morgan fingerprint density at radius 2 is 1.82 bits per heavy atom. The largest absolute Gasteiger partial charge is 0.497 e. The molecule has 1 heterocycles. The van der Waals surface area contributed by atoms with Gasteiger partial charge in [0, 0.05) is 11.8 Å². The van der Waals surface area contributed by atoms with E-state index in [-0.39, 0.29) is 5.91 Å². The molecule has 5 nitrogen and oxygen atoms in total. The quantitative estimate of drug-likeness (QED) is 0.570. The van der Waals surface area contributed by atoms with Crippen LogP contribution in [-0.2, 0) is 6.54 Å². The smallest absolute Gasteiger partial charge is 0.259 e. The van der Waals surface area contributed by atoms with Crippen molar-refractivity contribution in [2.24, 2.45) is 0 Å². The number of anilines is 1. The van der Waals surface area contributed by atoms with Gasteiger partial charge in [-0.1, -0.05) is 31.2 Å². The minimum atomic E-state index is -0.128. The molecule has 0 spiro atoms. The summed E-state index contributed by atoms with van der Waals surface area (Å²) in [6, 6.07) is 20.5. The maximum Gasteiger partial charge on any atom is 0.259 e. The lowest BCUT2D eigenvalue weighted by Crippen LogP contribution is -2.31. The number of amides is 1. The normalized spacial score (nSPS) is 10.4. The van der Waals surface area contributed by atoms with Gasteiger partial charge in [0.1, 0.15) is 17.3 Å². The number of pyridine rings is 1. The molecule has 5 heteroatoms. The molecule has 0 N–H and O–H groups in total. The topological polar surface area (TPSA) is 51.7 Å². The highest BCUT2D eigenvalue weighted by Gasteiger charge is 2.19. The lowest BCUT2D eigenvalue weighted by Gasteiger charge is -2.22. The van der Waals surface area contributed by atoms with Crippen molar-refractivity contribution < 1.29 is 14.3 Å². The molecule has 0 fully saturated rings. The fourth-order valence-electron chi connectivity index (χ4n) is 2.78. The number of hydrogen-bond acceptors (Lipinski definition) is 4. The van der Waals surface area contributed by atoms with E-state index in [1.165, 1.54) is 0 Å². The number of carbonyl (C=O) groups is 1. The first-order valence-corrected chi connectivity index (χ1v) is 9.30. The summed E-state index contributed by atoms with van der Waals surface area (Å²) < 4.78 is 10.9. The summed E-state index contributed by atoms with van der Waals surface area (Å²) in [5.41, 5.74) is 1.55. The van der Waals surface area contributed by atoms with E-state index in [9.17, 15) is 4.79 Å². The zero-order valence-electron chi connectivity index (χ0n) is 16.2. The van der Waals surface area contributed by atoms with E-state index in [0.29, 0.717) is 30.3 Å². The highest BCUT2D eigenvalue weighted by Crippen LogP contribution is 2.21. The Kier molecular flexibility index (Phi) is 6.63. The van der Waals surface area contributed by atoms with Gasteiger partial charge in [-0.3, -0.25) is 9.69 Å². The summed E-state index contributed by atoms with van der Waals surface area (Å²) in [4.78, 5) is 19.3. The molecule has 144 valence electrons. The fraction of sp³-hybridized carbons (Fsp3) is 0.217. The number of nitrogens with zero attached hydrogens (tertiary/aromatic N) is 2. The monoisotopic (exact) mass is 376 g/mol. The maximum atomic E-state index is 13.3. The Balaban J connectivity index is 1.89. The molecule has 0 bridgehead atoms. The van der Waals surface area contributed by atoms with Crippen LogP contribution in [-0.4, -0.2) is 24.6 Å². The van der Waals surface area contributed by atoms with Gasteiger partial charge in [0.25, 0.3) is 5.91 Å². The van der Waals surface area contributed by atoms with Crippen molar-refractivity contribution >= 4 is 11.7 Å². The molecule has 28 heavy (non-hydrogen) atoms. The first kappa shape index (κ1) is 19.4. The second kappa shape index (κ2) is 9.55. The van der Waals surface area contributed by atoms with E-state index < -0.39 is 0 Å². The van der Waals surface area contributed by atoms with Crippen LogP contribution in [0.3, 0.4) is 0 Å². The summed E-state index contributed by atoms with van der Waals surface area (Å²) in [7, 11) is 1.63. The summed E-state index contributed by atoms with van der Waals surface area (Å²) >= 11 is 0. The first-order chi connectivity index (χ1) is 13.7. The second-order valence-electron chi connectivity index (χ2n) is 6.30. The van der Waals surface area contributed by atoms with Gasteiger partial charge in [0.15, 0.2) is 0 Å². The van der Waals surface area contributed by atoms with Gasteiger partial charge < -0.3 is 9.47 Å². The Morgan fingerprint density at radius 1 is 1.00 bits per heavy atom. The summed E-state index contributed by atoms with van der Waals surface area (Å²) in [6.45, 7) is 3.07. The van der Waals surface area contributed by atoms with Gasteiger partial charge in [-0.15, -0.1) is 0 Å². The van der Waals surface area contributed by atoms with Gasteiger partial charge in [-0.05, 0) is 54.4 Å². The Bertz CT molecular complexity index is 895. The van der Waals surface area contributed by atoms with E-state index in [1.54, 1.807) is 30.3 Å². The molecule has 0 unspecified atom stereocenters. The Morgan fingerprint density at radius 3 is 2.50 bits per heavy atom. The Labute approximate surface area is 165 Å². The van der Waals surface area contributed by atoms with E-state index in [2.05, 4.69) is 4.98 Å². The van der Waals surface area contributed by atoms with Gasteiger partial charge >= 0.3 is 0 Å². The average Bonchev–Trinajstić information content (AvgIpc) is 2.77. The summed E-state index contributed by atoms with van der Waals surface area (Å²) in [5.74, 6) is 1.94. The molecule has 0 atom stereocenters. The molecule has 0 radical (unpaired) electrons. The molecule has 0 aliphatic rings. The average molecular weight is 376 g/mol. The van der Waals surface area contributed by atoms with Crippen molar-refractivity contribution in [3.05, 3.63) is 84.1 Å². The van der Waals surface area contributed by atoms with Crippen LogP contribution in [0.5, 0.6) is 11.5 Å². The predicted octanol–water partition coefficient (Wildman–Crippen LogP) is 4.73. The van der Waals surface area contributed by atoms with E-state index in [4.69, 9.17) is 9.47 Å². The third-order valence-electron chi connectivity index (χ3n) is 4.22. The van der Waals surface area contributed by atoms with E-state index in [1.807, 2.05) is 61.5 Å². The molecule has 2 aromatic carbocycles. The van der Waals surface area contributed by atoms with Gasteiger partial charge in [-0.25, -0.2) is 4.98 Å². The zero-order valence-corrected chi connectivity index (χ0v) is 16.2. The van der Waals surface area contributed by atoms with E-state index in [0.717, 1.165) is 17.7 Å². The molecule has 0 aliphatic heterocycles. The van der Waals surface area contributed by atoms with Crippen LogP contribution in [0, 0.1) is 0 Å². The standard InChI is InChI=1S/C23H24N2O3/c1-3-15-28-21-8-6-7-19(16-21)23(26)25(22-9-4-5-14-24-22)17-18-10-12-20(27-2)13-11-18/h4-14,16H,3,15,17H2,1-2H3. The zero-order chi connectivity index (χ0) is 19.8. The molecule has 3 rings (SSSR count). The number of carbonyl (C=O) groups excluding carboxylic acids is 1. The van der Waals surface area contributed by atoms with Crippen molar-refractivity contribution in [2.45, 2.75) is 19.9 Å². The molecule has 1 amide bonds. The molecule has 0 saturated heterocycles. The van der Waals surface area contributed by atoms with Gasteiger partial charge in [-0.2, -0.15) is 0 Å². The highest BCUT2D eigenvalue weighted by atomic mass is 16.5. The summed E-state index contributed by atoms with van der Waals surface area (Å²) in [6.07, 6.45) is 2.60. The van der Waals surface area contributed by atoms with Crippen molar-refractivity contribution in [1.82, 2.24) is 4.98 Å². The van der Waals surface area contributed by atoms with Crippen molar-refractivity contribution in [1.29, 1.82) is 0 Å². The van der Waals surface area contributed by atoms with Crippen molar-refractivity contribution in [2.75, 3.05) is 18.6 Å². The minimum absolute atomic E-state index is 0.128. The fourth-order valence-corrected chi connectivity index (χ4v) is 2.78. The van der Waals surface area contributed by atoms with Crippen LogP contribution in [0.2, 0.25) is 0 Å².